The van der Waals surface area contributed by atoms with Gasteiger partial charge in [0.05, 0.1) is 0 Å². The summed E-state index contributed by atoms with van der Waals surface area (Å²) >= 11 is 3.73. The van der Waals surface area contributed by atoms with Gasteiger partial charge in [0.1, 0.15) is 11.2 Å². The molecule has 0 saturated carbocycles. The number of halogens is 1. The fraction of sp³-hybridized carbons (Fsp3) is 0.0476. The van der Waals surface area contributed by atoms with Crippen molar-refractivity contribution in [1.82, 2.24) is 0 Å². The van der Waals surface area contributed by atoms with E-state index in [0.29, 0.717) is 22.3 Å². The van der Waals surface area contributed by atoms with E-state index >= 15 is 0 Å². The van der Waals surface area contributed by atoms with Crippen LogP contribution in [0.1, 0.15) is 33.4 Å². The second-order valence-electron chi connectivity index (χ2n) is 12.0. The van der Waals surface area contributed by atoms with E-state index in [1.807, 2.05) is 91.0 Å². The summed E-state index contributed by atoms with van der Waals surface area (Å²) < 4.78 is 0.828. The van der Waals surface area contributed by atoms with Crippen molar-refractivity contribution in [1.29, 1.82) is 0 Å². The van der Waals surface area contributed by atoms with Crippen LogP contribution in [0.3, 0.4) is 0 Å². The molecule has 2 unspecified atom stereocenters. The van der Waals surface area contributed by atoms with Gasteiger partial charge in [-0.3, -0.25) is 0 Å². The predicted octanol–water partition coefficient (Wildman–Crippen LogP) is 9.94. The molecule has 0 heterocycles. The second-order valence-corrected chi connectivity index (χ2v) is 13.0. The lowest BCUT2D eigenvalue weighted by atomic mass is 9.61. The van der Waals surface area contributed by atoms with Crippen LogP contribution >= 0.6 is 15.9 Å². The molecule has 0 spiro atoms. The molecule has 0 bridgehead atoms. The molecule has 0 aromatic heterocycles. The van der Waals surface area contributed by atoms with E-state index in [0.717, 1.165) is 58.7 Å². The maximum Gasteiger partial charge on any atom is 0.142 e. The largest absolute Gasteiger partial charge is 0.376 e. The second kappa shape index (κ2) is 9.60. The van der Waals surface area contributed by atoms with Gasteiger partial charge in [0.15, 0.2) is 0 Å². The number of rotatable bonds is 2. The molecule has 0 saturated heterocycles. The lowest BCUT2D eigenvalue weighted by Crippen LogP contribution is -2.44. The van der Waals surface area contributed by atoms with Crippen molar-refractivity contribution >= 4 is 59.0 Å². The summed E-state index contributed by atoms with van der Waals surface area (Å²) in [5.74, 6) is 0. The average molecular weight is 644 g/mol. The average Bonchev–Trinajstić information content (AvgIpc) is 3.08. The highest BCUT2D eigenvalue weighted by Crippen LogP contribution is 2.57. The Hall–Kier alpha value is -4.80. The number of hydrogen-bond acceptors (Lipinski definition) is 2. The Labute approximate surface area is 269 Å². The van der Waals surface area contributed by atoms with Crippen LogP contribution in [0.25, 0.3) is 43.1 Å². The van der Waals surface area contributed by atoms with Crippen molar-refractivity contribution in [2.75, 3.05) is 0 Å². The first-order valence-corrected chi connectivity index (χ1v) is 16.0. The number of benzene rings is 8. The molecular weight excluding hydrogens is 616 g/mol. The monoisotopic (exact) mass is 642 g/mol. The van der Waals surface area contributed by atoms with Crippen LogP contribution in [0.5, 0.6) is 0 Å². The molecular formula is C42H27BrO2. The summed E-state index contributed by atoms with van der Waals surface area (Å²) in [5.41, 5.74) is 1.12. The van der Waals surface area contributed by atoms with Crippen molar-refractivity contribution in [2.45, 2.75) is 11.2 Å². The molecule has 0 aliphatic heterocycles. The van der Waals surface area contributed by atoms with Crippen molar-refractivity contribution < 1.29 is 10.2 Å². The Morgan fingerprint density at radius 1 is 0.356 bits per heavy atom. The van der Waals surface area contributed by atoms with Gasteiger partial charge >= 0.3 is 0 Å². The maximum absolute atomic E-state index is 13.6. The summed E-state index contributed by atoms with van der Waals surface area (Å²) in [6.07, 6.45) is 0. The highest BCUT2D eigenvalue weighted by molar-refractivity contribution is 9.10. The standard InChI is InChI=1S/C42H27BrO2/c43-30-21-22-37-38(25-30)42(45,40-33-17-7-3-13-28(33)24-29-14-4-8-18-34(29)40)36-20-10-9-19-35(36)41(37,44)39-31-15-5-1-11-26(31)23-27-12-2-6-16-32(27)39/h1-25,44-45H. The first kappa shape index (κ1) is 26.6. The van der Waals surface area contributed by atoms with Gasteiger partial charge in [-0.1, -0.05) is 143 Å². The number of hydrogen-bond donors (Lipinski definition) is 2. The van der Waals surface area contributed by atoms with Crippen LogP contribution in [-0.4, -0.2) is 10.2 Å². The van der Waals surface area contributed by atoms with Gasteiger partial charge in [-0.15, -0.1) is 0 Å². The lowest BCUT2D eigenvalue weighted by molar-refractivity contribution is 0.0778. The van der Waals surface area contributed by atoms with Crippen molar-refractivity contribution in [2.24, 2.45) is 0 Å². The summed E-state index contributed by atoms with van der Waals surface area (Å²) in [7, 11) is 0. The Kier molecular flexibility index (Phi) is 5.67. The Balaban J connectivity index is 1.50. The van der Waals surface area contributed by atoms with Crippen LogP contribution in [0.2, 0.25) is 0 Å². The third-order valence-corrected chi connectivity index (χ3v) is 10.2. The van der Waals surface area contributed by atoms with E-state index < -0.39 is 11.2 Å². The molecule has 2 nitrogen and oxygen atoms in total. The minimum atomic E-state index is -1.58. The summed E-state index contributed by atoms with van der Waals surface area (Å²) in [5, 5.41) is 35.4. The highest BCUT2D eigenvalue weighted by atomic mass is 79.9. The number of aliphatic hydroxyl groups is 2. The zero-order valence-electron chi connectivity index (χ0n) is 24.2. The van der Waals surface area contributed by atoms with Gasteiger partial charge < -0.3 is 10.2 Å². The van der Waals surface area contributed by atoms with Crippen LogP contribution in [0.4, 0.5) is 0 Å². The third-order valence-electron chi connectivity index (χ3n) is 9.73. The molecule has 2 N–H and O–H groups in total. The molecule has 45 heavy (non-hydrogen) atoms. The molecule has 8 aromatic carbocycles. The van der Waals surface area contributed by atoms with Crippen LogP contribution < -0.4 is 0 Å². The smallest absolute Gasteiger partial charge is 0.142 e. The van der Waals surface area contributed by atoms with E-state index in [-0.39, 0.29) is 0 Å². The minimum Gasteiger partial charge on any atom is -0.376 e. The summed E-state index contributed by atoms with van der Waals surface area (Å²) in [4.78, 5) is 0. The van der Waals surface area contributed by atoms with Gasteiger partial charge in [-0.25, -0.2) is 0 Å². The topological polar surface area (TPSA) is 40.5 Å². The Morgan fingerprint density at radius 3 is 1.11 bits per heavy atom. The predicted molar refractivity (Wildman–Crippen MR) is 188 cm³/mol. The Bertz CT molecular complexity index is 2390. The molecule has 9 rings (SSSR count). The zero-order chi connectivity index (χ0) is 30.3. The summed E-state index contributed by atoms with van der Waals surface area (Å²) in [6, 6.07) is 51.2. The van der Waals surface area contributed by atoms with Crippen LogP contribution in [-0.2, 0) is 11.2 Å². The maximum atomic E-state index is 13.6. The van der Waals surface area contributed by atoms with Gasteiger partial charge in [0, 0.05) is 21.2 Å². The molecule has 3 heteroatoms. The first-order chi connectivity index (χ1) is 22.0. The zero-order valence-corrected chi connectivity index (χ0v) is 25.8. The molecule has 8 aromatic rings. The molecule has 1 aliphatic carbocycles. The first-order valence-electron chi connectivity index (χ1n) is 15.2. The van der Waals surface area contributed by atoms with Crippen molar-refractivity contribution in [3.8, 4) is 0 Å². The normalized spacial score (nSPS) is 19.2. The van der Waals surface area contributed by atoms with Gasteiger partial charge in [-0.05, 0) is 84.0 Å². The van der Waals surface area contributed by atoms with Crippen LogP contribution in [0.15, 0.2) is 156 Å². The molecule has 2 atom stereocenters. The van der Waals surface area contributed by atoms with Gasteiger partial charge in [0.25, 0.3) is 0 Å². The quantitative estimate of drug-likeness (QED) is 0.184. The molecule has 0 radical (unpaired) electrons. The fourth-order valence-corrected chi connectivity index (χ4v) is 8.24. The SMILES string of the molecule is OC1(c2c3ccccc3cc3ccccc23)c2ccccc2C(O)(c2c3ccccc3cc3ccccc23)c2cc(Br)ccc21. The van der Waals surface area contributed by atoms with E-state index in [1.54, 1.807) is 0 Å². The lowest BCUT2D eigenvalue weighted by Gasteiger charge is -2.46. The van der Waals surface area contributed by atoms with Crippen molar-refractivity contribution in [3.05, 3.63) is 190 Å². The van der Waals surface area contributed by atoms with Crippen LogP contribution in [0, 0.1) is 0 Å². The summed E-state index contributed by atoms with van der Waals surface area (Å²) in [6.45, 7) is 0. The van der Waals surface area contributed by atoms with Gasteiger partial charge in [0.2, 0.25) is 0 Å². The Morgan fingerprint density at radius 2 is 0.689 bits per heavy atom. The van der Waals surface area contributed by atoms with E-state index in [2.05, 4.69) is 76.6 Å². The molecule has 1 aliphatic rings. The minimum absolute atomic E-state index is 0.650. The third kappa shape index (κ3) is 3.57. The highest BCUT2D eigenvalue weighted by Gasteiger charge is 2.52. The van der Waals surface area contributed by atoms with E-state index in [9.17, 15) is 10.2 Å². The molecule has 0 fully saturated rings. The molecule has 0 amide bonds. The van der Waals surface area contributed by atoms with Crippen molar-refractivity contribution in [3.63, 3.8) is 0 Å². The van der Waals surface area contributed by atoms with Gasteiger partial charge in [-0.2, -0.15) is 0 Å². The fourth-order valence-electron chi connectivity index (χ4n) is 7.88. The van der Waals surface area contributed by atoms with E-state index in [4.69, 9.17) is 0 Å². The molecule has 214 valence electrons. The van der Waals surface area contributed by atoms with E-state index in [1.165, 1.54) is 0 Å². The number of fused-ring (bicyclic) bond motifs is 6.